The maximum absolute atomic E-state index is 12.6. The van der Waals surface area contributed by atoms with Gasteiger partial charge in [0.15, 0.2) is 6.61 Å². The van der Waals surface area contributed by atoms with Crippen LogP contribution in [0.3, 0.4) is 0 Å². The molecule has 11 heteroatoms. The average Bonchev–Trinajstić information content (AvgIpc) is 2.57. The van der Waals surface area contributed by atoms with Gasteiger partial charge in [-0.25, -0.2) is 4.79 Å². The number of esters is 1. The molecule has 0 aromatic carbocycles. The summed E-state index contributed by atoms with van der Waals surface area (Å²) in [6.07, 6.45) is -7.94. The molecule has 1 aromatic heterocycles. The Morgan fingerprint density at radius 1 is 1.19 bits per heavy atom. The van der Waals surface area contributed by atoms with Crippen LogP contribution in [0, 0.1) is 5.92 Å². The third kappa shape index (κ3) is 7.83. The fourth-order valence-corrected chi connectivity index (χ4v) is 2.03. The van der Waals surface area contributed by atoms with Crippen LogP contribution in [0.15, 0.2) is 18.3 Å². The molecule has 1 N–H and O–H groups in total. The lowest BCUT2D eigenvalue weighted by Gasteiger charge is -2.21. The van der Waals surface area contributed by atoms with Gasteiger partial charge in [-0.1, -0.05) is 20.3 Å². The minimum absolute atomic E-state index is 0.00871. The highest BCUT2D eigenvalue weighted by molar-refractivity contribution is 6.32. The molecule has 0 saturated carbocycles. The summed E-state index contributed by atoms with van der Waals surface area (Å²) in [6, 6.07) is 0.838. The normalized spacial score (nSPS) is 14.4. The summed E-state index contributed by atoms with van der Waals surface area (Å²) >= 11 is 0. The highest BCUT2D eigenvalue weighted by Crippen LogP contribution is 2.30. The first-order valence-corrected chi connectivity index (χ1v) is 7.91. The Labute approximate surface area is 151 Å². The number of ether oxygens (including phenoxy) is 1. The van der Waals surface area contributed by atoms with Crippen LogP contribution in [0.5, 0.6) is 0 Å². The van der Waals surface area contributed by atoms with Crippen LogP contribution in [-0.4, -0.2) is 29.6 Å². The van der Waals surface area contributed by atoms with Crippen LogP contribution in [0.25, 0.3) is 0 Å². The number of nitrogens with one attached hydrogen (secondary N) is 1. The van der Waals surface area contributed by atoms with Crippen molar-refractivity contribution >= 4 is 11.9 Å². The number of hydrogen-bond donors (Lipinski definition) is 1. The highest BCUT2D eigenvalue weighted by atomic mass is 19.4. The van der Waals surface area contributed by atoms with Crippen molar-refractivity contribution in [3.05, 3.63) is 29.6 Å². The van der Waals surface area contributed by atoms with Gasteiger partial charge in [0.05, 0.1) is 17.3 Å². The van der Waals surface area contributed by atoms with Crippen molar-refractivity contribution in [1.29, 1.82) is 0 Å². The molecule has 0 bridgehead atoms. The SMILES string of the molecule is CC[C@@H](C)C[C@@H](NC(=O)C(=O)OCC(F)(F)F)c1ccc(C(F)(F)F)cn1. The first-order valence-electron chi connectivity index (χ1n) is 7.91. The van der Waals surface area contributed by atoms with E-state index >= 15 is 0 Å². The molecule has 0 radical (unpaired) electrons. The van der Waals surface area contributed by atoms with E-state index in [2.05, 4.69) is 15.0 Å². The number of alkyl halides is 6. The van der Waals surface area contributed by atoms with Gasteiger partial charge >= 0.3 is 24.2 Å². The maximum Gasteiger partial charge on any atom is 0.422 e. The van der Waals surface area contributed by atoms with Crippen molar-refractivity contribution in [1.82, 2.24) is 10.3 Å². The first kappa shape index (κ1) is 22.7. The Bertz CT molecular complexity index is 643. The van der Waals surface area contributed by atoms with Gasteiger partial charge in [-0.15, -0.1) is 0 Å². The molecule has 152 valence electrons. The third-order valence-corrected chi connectivity index (χ3v) is 3.66. The molecule has 0 aliphatic heterocycles. The van der Waals surface area contributed by atoms with Crippen LogP contribution in [-0.2, 0) is 20.5 Å². The van der Waals surface area contributed by atoms with E-state index in [1.54, 1.807) is 6.92 Å². The van der Waals surface area contributed by atoms with Gasteiger partial charge in [-0.3, -0.25) is 9.78 Å². The first-order chi connectivity index (χ1) is 12.3. The van der Waals surface area contributed by atoms with Crippen molar-refractivity contribution < 1.29 is 40.7 Å². The molecule has 0 aliphatic carbocycles. The molecule has 1 aromatic rings. The summed E-state index contributed by atoms with van der Waals surface area (Å²) in [6.45, 7) is 1.71. The van der Waals surface area contributed by atoms with Crippen LogP contribution in [0.1, 0.15) is 44.0 Å². The van der Waals surface area contributed by atoms with E-state index in [1.165, 1.54) is 0 Å². The van der Waals surface area contributed by atoms with E-state index in [9.17, 15) is 35.9 Å². The van der Waals surface area contributed by atoms with Gasteiger partial charge in [0, 0.05) is 6.20 Å². The van der Waals surface area contributed by atoms with E-state index in [-0.39, 0.29) is 18.0 Å². The monoisotopic (exact) mass is 400 g/mol. The minimum atomic E-state index is -4.79. The summed E-state index contributed by atoms with van der Waals surface area (Å²) in [5.74, 6) is -3.19. The molecule has 0 saturated heterocycles. The number of carbonyl (C=O) groups excluding carboxylic acids is 2. The molecule has 2 atom stereocenters. The molecule has 5 nitrogen and oxygen atoms in total. The van der Waals surface area contributed by atoms with Gasteiger partial charge in [0.25, 0.3) is 0 Å². The quantitative estimate of drug-likeness (QED) is 0.448. The third-order valence-electron chi connectivity index (χ3n) is 3.66. The zero-order chi connectivity index (χ0) is 20.8. The topological polar surface area (TPSA) is 68.3 Å². The van der Waals surface area contributed by atoms with Crippen molar-refractivity contribution in [2.24, 2.45) is 5.92 Å². The Balaban J connectivity index is 2.91. The van der Waals surface area contributed by atoms with Gasteiger partial charge in [-0.2, -0.15) is 26.3 Å². The molecule has 0 fully saturated rings. The summed E-state index contributed by atoms with van der Waals surface area (Å²) < 4.78 is 77.9. The van der Waals surface area contributed by atoms with E-state index in [0.717, 1.165) is 12.1 Å². The number of pyridine rings is 1. The Hall–Kier alpha value is -2.33. The lowest BCUT2D eigenvalue weighted by atomic mass is 9.96. The minimum Gasteiger partial charge on any atom is -0.449 e. The van der Waals surface area contributed by atoms with Gasteiger partial charge in [-0.05, 0) is 24.5 Å². The molecule has 1 amide bonds. The highest BCUT2D eigenvalue weighted by Gasteiger charge is 2.33. The largest absolute Gasteiger partial charge is 0.449 e. The zero-order valence-corrected chi connectivity index (χ0v) is 14.4. The van der Waals surface area contributed by atoms with E-state index < -0.39 is 42.4 Å². The number of rotatable bonds is 6. The molecular weight excluding hydrogens is 382 g/mol. The molecule has 1 rings (SSSR count). The number of carbonyl (C=O) groups is 2. The summed E-state index contributed by atoms with van der Waals surface area (Å²) in [5, 5.41) is 2.17. The second-order valence-electron chi connectivity index (χ2n) is 5.94. The molecule has 1 heterocycles. The summed E-state index contributed by atoms with van der Waals surface area (Å²) in [4.78, 5) is 26.8. The number of aromatic nitrogens is 1. The lowest BCUT2D eigenvalue weighted by molar-refractivity contribution is -0.187. The Morgan fingerprint density at radius 3 is 2.26 bits per heavy atom. The predicted molar refractivity (Wildman–Crippen MR) is 81.2 cm³/mol. The number of amides is 1. The molecule has 27 heavy (non-hydrogen) atoms. The summed E-state index contributed by atoms with van der Waals surface area (Å²) in [7, 11) is 0. The number of halogens is 6. The zero-order valence-electron chi connectivity index (χ0n) is 14.4. The number of nitrogens with zero attached hydrogens (tertiary/aromatic N) is 1. The van der Waals surface area contributed by atoms with E-state index in [4.69, 9.17) is 0 Å². The second-order valence-corrected chi connectivity index (χ2v) is 5.94. The summed E-state index contributed by atoms with van der Waals surface area (Å²) in [5.41, 5.74) is -0.954. The fraction of sp³-hybridized carbons (Fsp3) is 0.562. The smallest absolute Gasteiger partial charge is 0.422 e. The Kier molecular flexibility index (Phi) is 7.61. The Morgan fingerprint density at radius 2 is 1.81 bits per heavy atom. The van der Waals surface area contributed by atoms with Crippen molar-refractivity contribution in [3.63, 3.8) is 0 Å². The van der Waals surface area contributed by atoms with E-state index in [0.29, 0.717) is 12.6 Å². The number of hydrogen-bond acceptors (Lipinski definition) is 4. The van der Waals surface area contributed by atoms with Gasteiger partial charge in [0.2, 0.25) is 0 Å². The second kappa shape index (κ2) is 9.05. The van der Waals surface area contributed by atoms with Crippen LogP contribution < -0.4 is 5.32 Å². The lowest BCUT2D eigenvalue weighted by Crippen LogP contribution is -2.37. The standard InChI is InChI=1S/C16H18F6N2O3/c1-3-9(2)6-12(11-5-4-10(7-23-11)16(20,21)22)24-13(25)14(26)27-8-15(17,18)19/h4-5,7,9,12H,3,6,8H2,1-2H3,(H,24,25)/t9-,12-/m1/s1. The van der Waals surface area contributed by atoms with E-state index in [1.807, 2.05) is 6.92 Å². The van der Waals surface area contributed by atoms with Crippen LogP contribution >= 0.6 is 0 Å². The maximum atomic E-state index is 12.6. The fourth-order valence-electron chi connectivity index (χ4n) is 2.03. The van der Waals surface area contributed by atoms with Crippen molar-refractivity contribution in [2.45, 2.75) is 45.1 Å². The molecular formula is C16H18F6N2O3. The van der Waals surface area contributed by atoms with Crippen molar-refractivity contribution in [2.75, 3.05) is 6.61 Å². The molecule has 0 spiro atoms. The predicted octanol–water partition coefficient (Wildman–Crippen LogP) is 3.80. The van der Waals surface area contributed by atoms with Crippen LogP contribution in [0.4, 0.5) is 26.3 Å². The molecule has 0 aliphatic rings. The van der Waals surface area contributed by atoms with Crippen molar-refractivity contribution in [3.8, 4) is 0 Å². The average molecular weight is 400 g/mol. The van der Waals surface area contributed by atoms with Gasteiger partial charge < -0.3 is 10.1 Å². The van der Waals surface area contributed by atoms with Gasteiger partial charge in [0.1, 0.15) is 0 Å². The van der Waals surface area contributed by atoms with Crippen LogP contribution in [0.2, 0.25) is 0 Å². The molecule has 0 unspecified atom stereocenters.